The molecular formula is C14H16O3. The van der Waals surface area contributed by atoms with Crippen molar-refractivity contribution in [3.63, 3.8) is 0 Å². The molecule has 17 heavy (non-hydrogen) atoms. The van der Waals surface area contributed by atoms with E-state index < -0.39 is 0 Å². The highest BCUT2D eigenvalue weighted by molar-refractivity contribution is 5.85. The minimum absolute atomic E-state index is 0.191. The Hall–Kier alpha value is -1.77. The highest BCUT2D eigenvalue weighted by atomic mass is 16.4. The highest BCUT2D eigenvalue weighted by Gasteiger charge is 2.11. The van der Waals surface area contributed by atoms with E-state index >= 15 is 0 Å². The molecule has 0 fully saturated rings. The highest BCUT2D eigenvalue weighted by Crippen LogP contribution is 2.29. The van der Waals surface area contributed by atoms with Crippen molar-refractivity contribution in [2.45, 2.75) is 33.1 Å². The topological polar surface area (TPSA) is 50.4 Å². The Morgan fingerprint density at radius 3 is 2.71 bits per heavy atom. The fourth-order valence-electron chi connectivity index (χ4n) is 2.15. The van der Waals surface area contributed by atoms with Gasteiger partial charge in [-0.2, -0.15) is 0 Å². The zero-order chi connectivity index (χ0) is 12.4. The molecule has 3 nitrogen and oxygen atoms in total. The quantitative estimate of drug-likeness (QED) is 0.827. The first-order chi connectivity index (χ1) is 8.17. The van der Waals surface area contributed by atoms with Crippen molar-refractivity contribution in [2.75, 3.05) is 0 Å². The zero-order valence-corrected chi connectivity index (χ0v) is 10.1. The smallest absolute Gasteiger partial charge is 0.336 e. The van der Waals surface area contributed by atoms with E-state index in [1.54, 1.807) is 12.1 Å². The molecule has 2 rings (SSSR count). The molecule has 0 aliphatic rings. The van der Waals surface area contributed by atoms with Crippen LogP contribution in [0.15, 0.2) is 27.4 Å². The molecule has 1 aromatic heterocycles. The lowest BCUT2D eigenvalue weighted by molar-refractivity contribution is 0.465. The summed E-state index contributed by atoms with van der Waals surface area (Å²) in [5.41, 5.74) is 1.88. The molecule has 0 spiro atoms. The molecule has 90 valence electrons. The maximum absolute atomic E-state index is 11.5. The predicted molar refractivity (Wildman–Crippen MR) is 67.5 cm³/mol. The van der Waals surface area contributed by atoms with Crippen molar-refractivity contribution < 1.29 is 9.52 Å². The first kappa shape index (κ1) is 11.7. The molecule has 0 saturated heterocycles. The standard InChI is InChI=1S/C14H16O3/c1-3-5-9-8-13(16)17-14-10(4-2)12(15)7-6-11(9)14/h6-8,15H,3-5H2,1-2H3. The van der Waals surface area contributed by atoms with Crippen molar-refractivity contribution >= 4 is 11.0 Å². The zero-order valence-electron chi connectivity index (χ0n) is 10.1. The van der Waals surface area contributed by atoms with E-state index in [4.69, 9.17) is 4.42 Å². The fraction of sp³-hybridized carbons (Fsp3) is 0.357. The molecular weight excluding hydrogens is 216 g/mol. The number of rotatable bonds is 3. The molecule has 0 bridgehead atoms. The van der Waals surface area contributed by atoms with Gasteiger partial charge in [-0.15, -0.1) is 0 Å². The molecule has 0 atom stereocenters. The number of hydrogen-bond donors (Lipinski definition) is 1. The van der Waals surface area contributed by atoms with Gasteiger partial charge in [-0.3, -0.25) is 0 Å². The van der Waals surface area contributed by atoms with Gasteiger partial charge in [0.2, 0.25) is 0 Å². The Morgan fingerprint density at radius 1 is 1.29 bits per heavy atom. The van der Waals surface area contributed by atoms with Gasteiger partial charge in [0, 0.05) is 17.0 Å². The van der Waals surface area contributed by atoms with Gasteiger partial charge in [0.05, 0.1) is 0 Å². The van der Waals surface area contributed by atoms with E-state index in [0.717, 1.165) is 23.8 Å². The summed E-state index contributed by atoms with van der Waals surface area (Å²) in [5, 5.41) is 10.7. The molecule has 1 aromatic carbocycles. The predicted octanol–water partition coefficient (Wildman–Crippen LogP) is 3.01. The van der Waals surface area contributed by atoms with E-state index in [2.05, 4.69) is 6.92 Å². The van der Waals surface area contributed by atoms with Crippen molar-refractivity contribution in [1.29, 1.82) is 0 Å². The molecule has 2 aromatic rings. The molecule has 0 aliphatic heterocycles. The van der Waals surface area contributed by atoms with Gasteiger partial charge in [-0.1, -0.05) is 20.3 Å². The third-order valence-corrected chi connectivity index (χ3v) is 2.95. The lowest BCUT2D eigenvalue weighted by Crippen LogP contribution is -2.02. The minimum Gasteiger partial charge on any atom is -0.508 e. The molecule has 1 N–H and O–H groups in total. The van der Waals surface area contributed by atoms with E-state index in [9.17, 15) is 9.90 Å². The number of phenols is 1. The van der Waals surface area contributed by atoms with Gasteiger partial charge in [0.25, 0.3) is 0 Å². The van der Waals surface area contributed by atoms with Crippen LogP contribution in [0.4, 0.5) is 0 Å². The number of benzene rings is 1. The van der Waals surface area contributed by atoms with Crippen LogP contribution in [0.2, 0.25) is 0 Å². The Bertz CT molecular complexity index is 596. The molecule has 0 radical (unpaired) electrons. The van der Waals surface area contributed by atoms with Crippen LogP contribution in [0.1, 0.15) is 31.4 Å². The first-order valence-corrected chi connectivity index (χ1v) is 5.95. The first-order valence-electron chi connectivity index (χ1n) is 5.95. The third kappa shape index (κ3) is 2.05. The molecule has 0 saturated carbocycles. The summed E-state index contributed by atoms with van der Waals surface area (Å²) in [6.07, 6.45) is 2.46. The maximum atomic E-state index is 11.5. The molecule has 0 unspecified atom stereocenters. The molecule has 0 aliphatic carbocycles. The van der Waals surface area contributed by atoms with Crippen molar-refractivity contribution in [3.05, 3.63) is 39.7 Å². The maximum Gasteiger partial charge on any atom is 0.336 e. The van der Waals surface area contributed by atoms with Crippen LogP contribution in [0.25, 0.3) is 11.0 Å². The minimum atomic E-state index is -0.346. The fourth-order valence-corrected chi connectivity index (χ4v) is 2.15. The summed E-state index contributed by atoms with van der Waals surface area (Å²) in [6.45, 7) is 4.00. The summed E-state index contributed by atoms with van der Waals surface area (Å²) in [7, 11) is 0. The Kier molecular flexibility index (Phi) is 3.18. The van der Waals surface area contributed by atoms with Gasteiger partial charge < -0.3 is 9.52 Å². The average molecular weight is 232 g/mol. The monoisotopic (exact) mass is 232 g/mol. The summed E-state index contributed by atoms with van der Waals surface area (Å²) in [5.74, 6) is 0.191. The second-order valence-corrected chi connectivity index (χ2v) is 4.13. The van der Waals surface area contributed by atoms with Crippen molar-refractivity contribution in [2.24, 2.45) is 0 Å². The number of aromatic hydroxyl groups is 1. The van der Waals surface area contributed by atoms with Gasteiger partial charge in [0.1, 0.15) is 11.3 Å². The van der Waals surface area contributed by atoms with Crippen LogP contribution in [0.3, 0.4) is 0 Å². The normalized spacial score (nSPS) is 10.9. The Morgan fingerprint density at radius 2 is 2.06 bits per heavy atom. The lowest BCUT2D eigenvalue weighted by Gasteiger charge is -2.08. The van der Waals surface area contributed by atoms with Gasteiger partial charge in [-0.05, 0) is 30.5 Å². The van der Waals surface area contributed by atoms with Crippen molar-refractivity contribution in [3.8, 4) is 5.75 Å². The van der Waals surface area contributed by atoms with Crippen LogP contribution in [0.5, 0.6) is 5.75 Å². The van der Waals surface area contributed by atoms with E-state index in [-0.39, 0.29) is 11.4 Å². The number of aryl methyl sites for hydroxylation is 2. The molecule has 3 heteroatoms. The second-order valence-electron chi connectivity index (χ2n) is 4.13. The van der Waals surface area contributed by atoms with Crippen LogP contribution >= 0.6 is 0 Å². The summed E-state index contributed by atoms with van der Waals surface area (Å²) in [6, 6.07) is 5.03. The second kappa shape index (κ2) is 4.62. The number of hydrogen-bond acceptors (Lipinski definition) is 3. The summed E-state index contributed by atoms with van der Waals surface area (Å²) < 4.78 is 5.24. The Balaban J connectivity index is 2.83. The summed E-state index contributed by atoms with van der Waals surface area (Å²) >= 11 is 0. The largest absolute Gasteiger partial charge is 0.508 e. The van der Waals surface area contributed by atoms with Crippen molar-refractivity contribution in [1.82, 2.24) is 0 Å². The number of fused-ring (bicyclic) bond motifs is 1. The van der Waals surface area contributed by atoms with Crippen LogP contribution in [0, 0.1) is 0 Å². The molecule has 1 heterocycles. The number of phenolic OH excluding ortho intramolecular Hbond substituents is 1. The van der Waals surface area contributed by atoms with E-state index in [1.807, 2.05) is 13.0 Å². The summed E-state index contributed by atoms with van der Waals surface area (Å²) in [4.78, 5) is 11.5. The third-order valence-electron chi connectivity index (χ3n) is 2.95. The van der Waals surface area contributed by atoms with E-state index in [0.29, 0.717) is 17.6 Å². The van der Waals surface area contributed by atoms with Crippen LogP contribution in [-0.4, -0.2) is 5.11 Å². The van der Waals surface area contributed by atoms with Crippen LogP contribution in [-0.2, 0) is 12.8 Å². The Labute approximate surface area is 99.7 Å². The SMILES string of the molecule is CCCc1cc(=O)oc2c(CC)c(O)ccc12. The molecule has 0 amide bonds. The van der Waals surface area contributed by atoms with E-state index in [1.165, 1.54) is 0 Å². The van der Waals surface area contributed by atoms with Gasteiger partial charge in [-0.25, -0.2) is 4.79 Å². The van der Waals surface area contributed by atoms with Gasteiger partial charge >= 0.3 is 5.63 Å². The average Bonchev–Trinajstić information content (AvgIpc) is 2.29. The van der Waals surface area contributed by atoms with Crippen LogP contribution < -0.4 is 5.63 Å². The van der Waals surface area contributed by atoms with Gasteiger partial charge in [0.15, 0.2) is 0 Å². The lowest BCUT2D eigenvalue weighted by atomic mass is 10.0.